The number of hydrogen-bond donors (Lipinski definition) is 1. The van der Waals surface area contributed by atoms with Gasteiger partial charge in [0.15, 0.2) is 0 Å². The SMILES string of the molecule is CCOC(=O)C1=C(CN2CCN(C(=O)C(C)C)C(C)C2)N(CC)C(=O)NC1c1cc(C)ccc1C. The van der Waals surface area contributed by atoms with Crippen molar-refractivity contribution < 1.29 is 19.1 Å². The highest BCUT2D eigenvalue weighted by Crippen LogP contribution is 2.34. The number of rotatable bonds is 7. The lowest BCUT2D eigenvalue weighted by atomic mass is 9.90. The first kappa shape index (κ1) is 26.7. The summed E-state index contributed by atoms with van der Waals surface area (Å²) in [5.74, 6) is -0.294. The molecule has 1 fully saturated rings. The summed E-state index contributed by atoms with van der Waals surface area (Å²) < 4.78 is 5.50. The van der Waals surface area contributed by atoms with Gasteiger partial charge in [-0.15, -0.1) is 0 Å². The topological polar surface area (TPSA) is 82.2 Å². The van der Waals surface area contributed by atoms with Crippen molar-refractivity contribution in [3.63, 3.8) is 0 Å². The Balaban J connectivity index is 2.02. The van der Waals surface area contributed by atoms with Crippen LogP contribution in [0.25, 0.3) is 0 Å². The minimum absolute atomic E-state index is 0.0434. The molecule has 8 heteroatoms. The zero-order valence-corrected chi connectivity index (χ0v) is 22.2. The first-order chi connectivity index (χ1) is 16.6. The van der Waals surface area contributed by atoms with Crippen molar-refractivity contribution in [3.05, 3.63) is 46.2 Å². The van der Waals surface area contributed by atoms with Crippen LogP contribution in [-0.4, -0.2) is 78.0 Å². The summed E-state index contributed by atoms with van der Waals surface area (Å²) in [4.78, 5) is 45.0. The average Bonchev–Trinajstić information content (AvgIpc) is 2.80. The van der Waals surface area contributed by atoms with Gasteiger partial charge in [0.1, 0.15) is 0 Å². The number of urea groups is 1. The largest absolute Gasteiger partial charge is 0.463 e. The fourth-order valence-electron chi connectivity index (χ4n) is 5.01. The Morgan fingerprint density at radius 1 is 1.17 bits per heavy atom. The molecule has 0 bridgehead atoms. The number of piperazine rings is 1. The maximum Gasteiger partial charge on any atom is 0.338 e. The summed E-state index contributed by atoms with van der Waals surface area (Å²) in [6, 6.07) is 5.31. The van der Waals surface area contributed by atoms with Crippen LogP contribution in [0.3, 0.4) is 0 Å². The molecule has 3 amide bonds. The van der Waals surface area contributed by atoms with Gasteiger partial charge >= 0.3 is 12.0 Å². The number of benzene rings is 1. The average molecular weight is 485 g/mol. The number of amides is 3. The summed E-state index contributed by atoms with van der Waals surface area (Å²) in [6.07, 6.45) is 0. The van der Waals surface area contributed by atoms with Crippen molar-refractivity contribution >= 4 is 17.9 Å². The van der Waals surface area contributed by atoms with Crippen LogP contribution in [-0.2, 0) is 14.3 Å². The fraction of sp³-hybridized carbons (Fsp3) is 0.593. The van der Waals surface area contributed by atoms with E-state index in [1.807, 2.05) is 57.7 Å². The molecule has 0 spiro atoms. The molecule has 0 radical (unpaired) electrons. The van der Waals surface area contributed by atoms with Crippen molar-refractivity contribution in [3.8, 4) is 0 Å². The first-order valence-corrected chi connectivity index (χ1v) is 12.7. The van der Waals surface area contributed by atoms with Gasteiger partial charge in [-0.25, -0.2) is 9.59 Å². The molecule has 0 aliphatic carbocycles. The van der Waals surface area contributed by atoms with Crippen LogP contribution < -0.4 is 5.32 Å². The third-order valence-electron chi connectivity index (χ3n) is 6.86. The maximum atomic E-state index is 13.3. The molecule has 2 aliphatic heterocycles. The predicted octanol–water partition coefficient (Wildman–Crippen LogP) is 3.40. The normalized spacial score (nSPS) is 21.4. The molecule has 0 saturated carbocycles. The van der Waals surface area contributed by atoms with Crippen LogP contribution in [0.1, 0.15) is 57.4 Å². The minimum Gasteiger partial charge on any atom is -0.463 e. The van der Waals surface area contributed by atoms with Crippen LogP contribution in [0.4, 0.5) is 4.79 Å². The minimum atomic E-state index is -0.583. The summed E-state index contributed by atoms with van der Waals surface area (Å²) in [7, 11) is 0. The lowest BCUT2D eigenvalue weighted by Crippen LogP contribution is -2.57. The number of nitrogens with one attached hydrogen (secondary N) is 1. The van der Waals surface area contributed by atoms with E-state index < -0.39 is 12.0 Å². The van der Waals surface area contributed by atoms with Crippen LogP contribution in [0, 0.1) is 19.8 Å². The van der Waals surface area contributed by atoms with E-state index in [1.54, 1.807) is 11.8 Å². The Bertz CT molecular complexity index is 1000. The van der Waals surface area contributed by atoms with Gasteiger partial charge in [-0.3, -0.25) is 14.6 Å². The number of aryl methyl sites for hydroxylation is 2. The first-order valence-electron chi connectivity index (χ1n) is 12.7. The third-order valence-corrected chi connectivity index (χ3v) is 6.86. The molecule has 192 valence electrons. The number of hydrogen-bond acceptors (Lipinski definition) is 5. The van der Waals surface area contributed by atoms with Gasteiger partial charge in [0.25, 0.3) is 0 Å². The number of nitrogens with zero attached hydrogens (tertiary/aromatic N) is 3. The summed E-state index contributed by atoms with van der Waals surface area (Å²) >= 11 is 0. The van der Waals surface area contributed by atoms with E-state index in [0.717, 1.165) is 16.7 Å². The highest BCUT2D eigenvalue weighted by atomic mass is 16.5. The van der Waals surface area contributed by atoms with Crippen LogP contribution in [0.2, 0.25) is 0 Å². The van der Waals surface area contributed by atoms with Crippen LogP contribution in [0.15, 0.2) is 29.5 Å². The number of esters is 1. The fourth-order valence-corrected chi connectivity index (χ4v) is 5.01. The second kappa shape index (κ2) is 11.2. The second-order valence-electron chi connectivity index (χ2n) is 9.84. The molecule has 2 atom stereocenters. The van der Waals surface area contributed by atoms with Crippen LogP contribution >= 0.6 is 0 Å². The third kappa shape index (κ3) is 5.69. The molecule has 1 saturated heterocycles. The molecule has 3 rings (SSSR count). The van der Waals surface area contributed by atoms with Gasteiger partial charge in [-0.2, -0.15) is 0 Å². The van der Waals surface area contributed by atoms with Crippen molar-refractivity contribution in [2.24, 2.45) is 5.92 Å². The summed E-state index contributed by atoms with van der Waals surface area (Å²) in [6.45, 7) is 16.7. The zero-order valence-electron chi connectivity index (χ0n) is 22.2. The molecule has 0 aromatic heterocycles. The molecular weight excluding hydrogens is 444 g/mol. The standard InChI is InChI=1S/C27H40N4O4/c1-8-30-22(16-29-12-13-31(20(7)15-29)25(32)17(3)4)23(26(33)35-9-2)24(28-27(30)34)21-14-18(5)10-11-19(21)6/h10-11,14,17,20,24H,8-9,12-13,15-16H2,1-7H3,(H,28,34). The van der Waals surface area contributed by atoms with Crippen molar-refractivity contribution in [2.75, 3.05) is 39.3 Å². The Hall–Kier alpha value is -2.87. The van der Waals surface area contributed by atoms with E-state index in [9.17, 15) is 14.4 Å². The molecule has 1 N–H and O–H groups in total. The number of carbonyl (C=O) groups excluding carboxylic acids is 3. The smallest absolute Gasteiger partial charge is 0.338 e. The molecule has 2 heterocycles. The van der Waals surface area contributed by atoms with Gasteiger partial charge in [-0.05, 0) is 45.7 Å². The quantitative estimate of drug-likeness (QED) is 0.600. The van der Waals surface area contributed by atoms with Gasteiger partial charge in [0, 0.05) is 50.4 Å². The molecule has 2 aliphatic rings. The second-order valence-corrected chi connectivity index (χ2v) is 9.84. The van der Waals surface area contributed by atoms with E-state index in [1.165, 1.54) is 0 Å². The highest BCUT2D eigenvalue weighted by molar-refractivity contribution is 5.95. The Kier molecular flexibility index (Phi) is 8.59. The van der Waals surface area contributed by atoms with E-state index in [-0.39, 0.29) is 30.5 Å². The van der Waals surface area contributed by atoms with Crippen molar-refractivity contribution in [2.45, 2.75) is 60.5 Å². The van der Waals surface area contributed by atoms with E-state index in [2.05, 4.69) is 17.1 Å². The van der Waals surface area contributed by atoms with E-state index in [0.29, 0.717) is 44.0 Å². The molecule has 1 aromatic carbocycles. The molecule has 1 aromatic rings. The lowest BCUT2D eigenvalue weighted by Gasteiger charge is -2.43. The number of ether oxygens (including phenoxy) is 1. The number of carbonyl (C=O) groups is 3. The monoisotopic (exact) mass is 484 g/mol. The van der Waals surface area contributed by atoms with Crippen LogP contribution in [0.5, 0.6) is 0 Å². The highest BCUT2D eigenvalue weighted by Gasteiger charge is 2.39. The Morgan fingerprint density at radius 3 is 2.49 bits per heavy atom. The Morgan fingerprint density at radius 2 is 1.89 bits per heavy atom. The van der Waals surface area contributed by atoms with Gasteiger partial charge in [0.05, 0.1) is 18.2 Å². The summed E-state index contributed by atoms with van der Waals surface area (Å²) in [5, 5.41) is 3.06. The zero-order chi connectivity index (χ0) is 25.9. The summed E-state index contributed by atoms with van der Waals surface area (Å²) in [5.41, 5.74) is 4.12. The molecule has 2 unspecified atom stereocenters. The van der Waals surface area contributed by atoms with Crippen molar-refractivity contribution in [1.82, 2.24) is 20.0 Å². The van der Waals surface area contributed by atoms with Gasteiger partial charge in [-0.1, -0.05) is 37.6 Å². The number of likely N-dealkylation sites (N-methyl/N-ethyl adjacent to an activating group) is 1. The lowest BCUT2D eigenvalue weighted by molar-refractivity contribution is -0.139. The van der Waals surface area contributed by atoms with Gasteiger partial charge < -0.3 is 15.0 Å². The molecular formula is C27H40N4O4. The predicted molar refractivity (Wildman–Crippen MR) is 136 cm³/mol. The van der Waals surface area contributed by atoms with Crippen molar-refractivity contribution in [1.29, 1.82) is 0 Å². The Labute approximate surface area is 209 Å². The van der Waals surface area contributed by atoms with E-state index >= 15 is 0 Å². The van der Waals surface area contributed by atoms with E-state index in [4.69, 9.17) is 4.74 Å². The maximum absolute atomic E-state index is 13.3. The molecule has 35 heavy (non-hydrogen) atoms. The molecule has 8 nitrogen and oxygen atoms in total. The van der Waals surface area contributed by atoms with Gasteiger partial charge in [0.2, 0.25) is 5.91 Å².